The molecule has 118 valence electrons. The molecule has 0 spiro atoms. The number of hydrogen-bond donors (Lipinski definition) is 1. The highest BCUT2D eigenvalue weighted by Crippen LogP contribution is 2.30. The smallest absolute Gasteiger partial charge is 0.0198 e. The molecule has 0 amide bonds. The summed E-state index contributed by atoms with van der Waals surface area (Å²) in [4.78, 5) is 2.77. The highest BCUT2D eigenvalue weighted by molar-refractivity contribution is 4.86. The summed E-state index contributed by atoms with van der Waals surface area (Å²) in [5.41, 5.74) is 0. The minimum absolute atomic E-state index is 0.731. The normalized spacial score (nSPS) is 29.1. The third-order valence-electron chi connectivity index (χ3n) is 5.40. The number of piperidine rings is 1. The van der Waals surface area contributed by atoms with Gasteiger partial charge in [0.05, 0.1) is 0 Å². The van der Waals surface area contributed by atoms with E-state index in [4.69, 9.17) is 0 Å². The fourth-order valence-electron chi connectivity index (χ4n) is 3.63. The molecule has 2 unspecified atom stereocenters. The van der Waals surface area contributed by atoms with E-state index >= 15 is 0 Å². The van der Waals surface area contributed by atoms with E-state index in [0.717, 1.165) is 29.7 Å². The van der Waals surface area contributed by atoms with Gasteiger partial charge in [0, 0.05) is 25.7 Å². The Morgan fingerprint density at radius 3 is 2.40 bits per heavy atom. The Balaban J connectivity index is 1.79. The van der Waals surface area contributed by atoms with Crippen molar-refractivity contribution in [3.63, 3.8) is 0 Å². The van der Waals surface area contributed by atoms with Crippen LogP contribution in [0.15, 0.2) is 0 Å². The molecule has 2 atom stereocenters. The van der Waals surface area contributed by atoms with E-state index in [-0.39, 0.29) is 0 Å². The highest BCUT2D eigenvalue weighted by atomic mass is 15.2. The molecule has 2 fully saturated rings. The Hall–Kier alpha value is -0.0800. The second-order valence-electron chi connectivity index (χ2n) is 8.09. The molecule has 0 aromatic rings. The van der Waals surface area contributed by atoms with Gasteiger partial charge in [-0.25, -0.2) is 0 Å². The Kier molecular flexibility index (Phi) is 6.35. The van der Waals surface area contributed by atoms with Crippen LogP contribution in [-0.2, 0) is 0 Å². The van der Waals surface area contributed by atoms with Crippen molar-refractivity contribution in [2.45, 2.75) is 65.8 Å². The van der Waals surface area contributed by atoms with Crippen LogP contribution in [0.5, 0.6) is 0 Å². The number of likely N-dealkylation sites (tertiary alicyclic amines) is 1. The fraction of sp³-hybridized carbons (Fsp3) is 1.00. The van der Waals surface area contributed by atoms with Gasteiger partial charge in [-0.15, -0.1) is 0 Å². The SMILES string of the molecule is CC(C)CCNC1CC(C(C)C)CN(CC2CCC2)C1. The highest BCUT2D eigenvalue weighted by Gasteiger charge is 2.30. The summed E-state index contributed by atoms with van der Waals surface area (Å²) in [6.07, 6.45) is 7.13. The van der Waals surface area contributed by atoms with E-state index in [1.807, 2.05) is 0 Å². The summed E-state index contributed by atoms with van der Waals surface area (Å²) in [6.45, 7) is 14.7. The van der Waals surface area contributed by atoms with Crippen LogP contribution in [0.2, 0.25) is 0 Å². The zero-order valence-electron chi connectivity index (χ0n) is 14.2. The van der Waals surface area contributed by atoms with Crippen LogP contribution in [0, 0.1) is 23.7 Å². The van der Waals surface area contributed by atoms with E-state index in [0.29, 0.717) is 0 Å². The molecule has 2 rings (SSSR count). The van der Waals surface area contributed by atoms with Gasteiger partial charge in [0.2, 0.25) is 0 Å². The fourth-order valence-corrected chi connectivity index (χ4v) is 3.63. The van der Waals surface area contributed by atoms with E-state index in [9.17, 15) is 0 Å². The number of nitrogens with one attached hydrogen (secondary N) is 1. The third-order valence-corrected chi connectivity index (χ3v) is 5.40. The monoisotopic (exact) mass is 280 g/mol. The first-order valence-electron chi connectivity index (χ1n) is 9.00. The molecule has 0 bridgehead atoms. The maximum Gasteiger partial charge on any atom is 0.0198 e. The van der Waals surface area contributed by atoms with Crippen molar-refractivity contribution in [3.8, 4) is 0 Å². The largest absolute Gasteiger partial charge is 0.313 e. The van der Waals surface area contributed by atoms with Crippen LogP contribution in [0.4, 0.5) is 0 Å². The summed E-state index contributed by atoms with van der Waals surface area (Å²) in [5, 5.41) is 3.84. The molecule has 0 aromatic carbocycles. The Labute approximate surface area is 126 Å². The zero-order chi connectivity index (χ0) is 14.5. The summed E-state index contributed by atoms with van der Waals surface area (Å²) in [6, 6.07) is 0.731. The van der Waals surface area contributed by atoms with Crippen LogP contribution in [0.25, 0.3) is 0 Å². The van der Waals surface area contributed by atoms with Crippen molar-refractivity contribution in [1.29, 1.82) is 0 Å². The van der Waals surface area contributed by atoms with Crippen LogP contribution in [-0.4, -0.2) is 37.1 Å². The van der Waals surface area contributed by atoms with Crippen molar-refractivity contribution in [2.75, 3.05) is 26.2 Å². The van der Waals surface area contributed by atoms with Crippen LogP contribution >= 0.6 is 0 Å². The van der Waals surface area contributed by atoms with Crippen LogP contribution < -0.4 is 5.32 Å². The first-order chi connectivity index (χ1) is 9.54. The maximum atomic E-state index is 3.84. The average molecular weight is 280 g/mol. The van der Waals surface area contributed by atoms with E-state index in [1.54, 1.807) is 0 Å². The Morgan fingerprint density at radius 1 is 1.10 bits per heavy atom. The van der Waals surface area contributed by atoms with Gasteiger partial charge in [-0.05, 0) is 55.9 Å². The molecule has 2 aliphatic rings. The molecule has 1 heterocycles. The van der Waals surface area contributed by atoms with Gasteiger partial charge in [-0.2, -0.15) is 0 Å². The maximum absolute atomic E-state index is 3.84. The molecular formula is C18H36N2. The third kappa shape index (κ3) is 5.04. The summed E-state index contributed by atoms with van der Waals surface area (Å²) in [5.74, 6) is 3.55. The van der Waals surface area contributed by atoms with Gasteiger partial charge in [0.15, 0.2) is 0 Å². The van der Waals surface area contributed by atoms with Crippen molar-refractivity contribution in [3.05, 3.63) is 0 Å². The number of hydrogen-bond acceptors (Lipinski definition) is 2. The van der Waals surface area contributed by atoms with E-state index in [2.05, 4.69) is 37.9 Å². The molecule has 1 N–H and O–H groups in total. The van der Waals surface area contributed by atoms with Crippen molar-refractivity contribution >= 4 is 0 Å². The quantitative estimate of drug-likeness (QED) is 0.763. The van der Waals surface area contributed by atoms with Crippen LogP contribution in [0.1, 0.15) is 59.8 Å². The van der Waals surface area contributed by atoms with Crippen molar-refractivity contribution in [2.24, 2.45) is 23.7 Å². The predicted molar refractivity (Wildman–Crippen MR) is 88.0 cm³/mol. The molecule has 0 aromatic heterocycles. The lowest BCUT2D eigenvalue weighted by Crippen LogP contribution is -2.52. The van der Waals surface area contributed by atoms with Gasteiger partial charge in [-0.3, -0.25) is 0 Å². The Morgan fingerprint density at radius 2 is 1.85 bits per heavy atom. The molecule has 2 nitrogen and oxygen atoms in total. The first kappa shape index (κ1) is 16.3. The van der Waals surface area contributed by atoms with Crippen molar-refractivity contribution in [1.82, 2.24) is 10.2 Å². The second-order valence-corrected chi connectivity index (χ2v) is 8.09. The molecule has 1 aliphatic carbocycles. The molecule has 1 aliphatic heterocycles. The molecule has 2 heteroatoms. The van der Waals surface area contributed by atoms with E-state index in [1.165, 1.54) is 58.3 Å². The van der Waals surface area contributed by atoms with Gasteiger partial charge in [0.1, 0.15) is 0 Å². The van der Waals surface area contributed by atoms with Gasteiger partial charge < -0.3 is 10.2 Å². The summed E-state index contributed by atoms with van der Waals surface area (Å²) in [7, 11) is 0. The van der Waals surface area contributed by atoms with Crippen LogP contribution in [0.3, 0.4) is 0 Å². The lowest BCUT2D eigenvalue weighted by molar-refractivity contribution is 0.0844. The zero-order valence-corrected chi connectivity index (χ0v) is 14.2. The first-order valence-corrected chi connectivity index (χ1v) is 9.00. The summed E-state index contributed by atoms with van der Waals surface area (Å²) < 4.78 is 0. The standard InChI is InChI=1S/C18H36N2/c1-14(2)8-9-19-18-10-17(15(3)4)12-20(13-18)11-16-6-5-7-16/h14-19H,5-13H2,1-4H3. The molecule has 20 heavy (non-hydrogen) atoms. The molecule has 1 saturated carbocycles. The predicted octanol–water partition coefficient (Wildman–Crippen LogP) is 3.77. The minimum atomic E-state index is 0.731. The Bertz CT molecular complexity index is 271. The second kappa shape index (κ2) is 7.79. The lowest BCUT2D eigenvalue weighted by atomic mass is 9.82. The summed E-state index contributed by atoms with van der Waals surface area (Å²) >= 11 is 0. The van der Waals surface area contributed by atoms with Crippen molar-refractivity contribution < 1.29 is 0 Å². The lowest BCUT2D eigenvalue weighted by Gasteiger charge is -2.42. The van der Waals surface area contributed by atoms with Gasteiger partial charge in [-0.1, -0.05) is 34.1 Å². The van der Waals surface area contributed by atoms with E-state index < -0.39 is 0 Å². The number of nitrogens with zero attached hydrogens (tertiary/aromatic N) is 1. The average Bonchev–Trinajstić information content (AvgIpc) is 2.33. The minimum Gasteiger partial charge on any atom is -0.313 e. The molecule has 0 radical (unpaired) electrons. The van der Waals surface area contributed by atoms with Gasteiger partial charge in [0.25, 0.3) is 0 Å². The molecular weight excluding hydrogens is 244 g/mol. The number of rotatable bonds is 7. The topological polar surface area (TPSA) is 15.3 Å². The van der Waals surface area contributed by atoms with Gasteiger partial charge >= 0.3 is 0 Å². The molecule has 1 saturated heterocycles.